The van der Waals surface area contributed by atoms with Gasteiger partial charge < -0.3 is 5.32 Å². The molecule has 0 saturated heterocycles. The number of hydrogen-bond acceptors (Lipinski definition) is 4. The van der Waals surface area contributed by atoms with Crippen molar-refractivity contribution in [1.82, 2.24) is 15.1 Å². The Hall–Kier alpha value is -3.20. The number of aryl methyl sites for hydroxylation is 1. The third kappa shape index (κ3) is 5.29. The summed E-state index contributed by atoms with van der Waals surface area (Å²) in [5, 5.41) is 8.20. The summed E-state index contributed by atoms with van der Waals surface area (Å²) in [4.78, 5) is 17.3. The Kier molecular flexibility index (Phi) is 6.74. The van der Waals surface area contributed by atoms with Gasteiger partial charge in [0.15, 0.2) is 0 Å². The van der Waals surface area contributed by atoms with E-state index in [-0.39, 0.29) is 5.91 Å². The normalized spacial score (nSPS) is 14.1. The van der Waals surface area contributed by atoms with Crippen LogP contribution >= 0.6 is 11.3 Å². The second kappa shape index (κ2) is 9.30. The minimum Gasteiger partial charge on any atom is -0.345 e. The molecule has 0 radical (unpaired) electrons. The van der Waals surface area contributed by atoms with E-state index in [0.717, 1.165) is 33.8 Å². The van der Waals surface area contributed by atoms with Gasteiger partial charge in [-0.3, -0.25) is 14.5 Å². The Balaban J connectivity index is 1.76. The van der Waals surface area contributed by atoms with Crippen molar-refractivity contribution in [2.75, 3.05) is 0 Å². The predicted octanol–water partition coefficient (Wildman–Crippen LogP) is 5.51. The van der Waals surface area contributed by atoms with Crippen molar-refractivity contribution in [3.8, 4) is 11.3 Å². The largest absolute Gasteiger partial charge is 0.433 e. The molecule has 9 heteroatoms. The molecule has 0 spiro atoms. The molecule has 0 aliphatic rings. The summed E-state index contributed by atoms with van der Waals surface area (Å²) in [6.07, 6.45) is 0.130. The van der Waals surface area contributed by atoms with Gasteiger partial charge in [-0.1, -0.05) is 42.5 Å². The van der Waals surface area contributed by atoms with Crippen LogP contribution in [0.15, 0.2) is 65.3 Å². The van der Waals surface area contributed by atoms with Gasteiger partial charge in [-0.05, 0) is 26.0 Å². The highest BCUT2D eigenvalue weighted by molar-refractivity contribution is 7.20. The van der Waals surface area contributed by atoms with Crippen LogP contribution in [0.3, 0.4) is 0 Å². The molecular formula is C22H21F3N4OS. The fourth-order valence-electron chi connectivity index (χ4n) is 2.95. The number of nitrogens with zero attached hydrogens (tertiary/aromatic N) is 3. The number of hydrogen-bond donors (Lipinski definition) is 1. The molecule has 0 aliphatic carbocycles. The van der Waals surface area contributed by atoms with Crippen molar-refractivity contribution in [2.24, 2.45) is 12.0 Å². The fourth-order valence-corrected chi connectivity index (χ4v) is 3.93. The highest BCUT2D eigenvalue weighted by Gasteiger charge is 2.32. The van der Waals surface area contributed by atoms with Crippen LogP contribution < -0.4 is 5.32 Å². The zero-order valence-electron chi connectivity index (χ0n) is 17.1. The van der Waals surface area contributed by atoms with E-state index in [1.807, 2.05) is 37.4 Å². The molecule has 1 aromatic carbocycles. The van der Waals surface area contributed by atoms with Crippen molar-refractivity contribution >= 4 is 33.7 Å². The molecule has 2 heterocycles. The molecule has 31 heavy (non-hydrogen) atoms. The minimum atomic E-state index is -4.54. The first-order chi connectivity index (χ1) is 14.7. The van der Waals surface area contributed by atoms with E-state index in [1.165, 1.54) is 30.4 Å². The zero-order chi connectivity index (χ0) is 22.6. The highest BCUT2D eigenvalue weighted by atomic mass is 32.1. The lowest BCUT2D eigenvalue weighted by molar-refractivity contribution is -0.0922. The first-order valence-corrected chi connectivity index (χ1v) is 10.3. The van der Waals surface area contributed by atoms with E-state index in [4.69, 9.17) is 0 Å². The van der Waals surface area contributed by atoms with Crippen LogP contribution in [0.2, 0.25) is 0 Å². The lowest BCUT2D eigenvalue weighted by atomic mass is 10.1. The van der Waals surface area contributed by atoms with Gasteiger partial charge in [-0.2, -0.15) is 18.3 Å². The summed E-state index contributed by atoms with van der Waals surface area (Å²) < 4.78 is 40.2. The second-order valence-electron chi connectivity index (χ2n) is 6.75. The molecule has 0 aliphatic heterocycles. The molecule has 3 aromatic rings. The SMILES string of the molecule is CC=N/C(=C\C=C\[C@@H](C)NC(=O)c1cc2c(-c3ccccc3)nn(C)c2s1)C(F)(F)F. The van der Waals surface area contributed by atoms with E-state index >= 15 is 0 Å². The van der Waals surface area contributed by atoms with E-state index in [1.54, 1.807) is 17.7 Å². The molecule has 0 bridgehead atoms. The summed E-state index contributed by atoms with van der Waals surface area (Å²) in [5.41, 5.74) is 0.744. The van der Waals surface area contributed by atoms with Crippen LogP contribution in [0.5, 0.6) is 0 Å². The van der Waals surface area contributed by atoms with Gasteiger partial charge in [0.05, 0.1) is 4.88 Å². The maximum atomic E-state index is 12.8. The van der Waals surface area contributed by atoms with Gasteiger partial charge in [0.1, 0.15) is 16.2 Å². The molecule has 0 saturated carbocycles. The van der Waals surface area contributed by atoms with E-state index in [2.05, 4.69) is 15.4 Å². The average Bonchev–Trinajstić information content (AvgIpc) is 3.28. The number of aliphatic imine (C=N–C) groups is 1. The molecule has 2 aromatic heterocycles. The number of fused-ring (bicyclic) bond motifs is 1. The smallest absolute Gasteiger partial charge is 0.345 e. The van der Waals surface area contributed by atoms with Crippen molar-refractivity contribution < 1.29 is 18.0 Å². The van der Waals surface area contributed by atoms with E-state index in [9.17, 15) is 18.0 Å². The quantitative estimate of drug-likeness (QED) is 0.401. The van der Waals surface area contributed by atoms with Gasteiger partial charge in [0.25, 0.3) is 5.91 Å². The predicted molar refractivity (Wildman–Crippen MR) is 118 cm³/mol. The Labute approximate surface area is 181 Å². The maximum Gasteiger partial charge on any atom is 0.433 e. The van der Waals surface area contributed by atoms with Gasteiger partial charge in [0.2, 0.25) is 0 Å². The van der Waals surface area contributed by atoms with Crippen molar-refractivity contribution in [2.45, 2.75) is 26.1 Å². The van der Waals surface area contributed by atoms with Crippen molar-refractivity contribution in [3.05, 3.63) is 65.2 Å². The van der Waals surface area contributed by atoms with E-state index in [0.29, 0.717) is 4.88 Å². The molecular weight excluding hydrogens is 425 g/mol. The van der Waals surface area contributed by atoms with Crippen molar-refractivity contribution in [1.29, 1.82) is 0 Å². The number of thiophene rings is 1. The van der Waals surface area contributed by atoms with Crippen LogP contribution in [0.25, 0.3) is 21.5 Å². The highest BCUT2D eigenvalue weighted by Crippen LogP contribution is 2.33. The summed E-state index contributed by atoms with van der Waals surface area (Å²) in [7, 11) is 1.82. The number of aromatic nitrogens is 2. The van der Waals surface area contributed by atoms with E-state index < -0.39 is 17.9 Å². The molecule has 0 fully saturated rings. The van der Waals surface area contributed by atoms with Crippen LogP contribution in [0, 0.1) is 0 Å². The first-order valence-electron chi connectivity index (χ1n) is 9.48. The summed E-state index contributed by atoms with van der Waals surface area (Å²) in [5.74, 6) is -0.302. The molecule has 0 unspecified atom stereocenters. The van der Waals surface area contributed by atoms with Gasteiger partial charge in [-0.15, -0.1) is 11.3 Å². The zero-order valence-corrected chi connectivity index (χ0v) is 18.0. The topological polar surface area (TPSA) is 59.3 Å². The van der Waals surface area contributed by atoms with Gasteiger partial charge in [0, 0.05) is 30.3 Å². The lowest BCUT2D eigenvalue weighted by Crippen LogP contribution is -2.30. The molecule has 3 rings (SSSR count). The summed E-state index contributed by atoms with van der Waals surface area (Å²) >= 11 is 1.31. The molecule has 1 atom stereocenters. The second-order valence-corrected chi connectivity index (χ2v) is 7.78. The summed E-state index contributed by atoms with van der Waals surface area (Å²) in [6.45, 7) is 3.10. The summed E-state index contributed by atoms with van der Waals surface area (Å²) in [6, 6.07) is 11.0. The number of halogens is 3. The molecule has 5 nitrogen and oxygen atoms in total. The number of carbonyl (C=O) groups is 1. The van der Waals surface area contributed by atoms with Crippen molar-refractivity contribution in [3.63, 3.8) is 0 Å². The van der Waals surface area contributed by atoms with Gasteiger partial charge >= 0.3 is 6.18 Å². The monoisotopic (exact) mass is 446 g/mol. The third-order valence-electron chi connectivity index (χ3n) is 4.35. The van der Waals surface area contributed by atoms with Crippen LogP contribution in [-0.4, -0.2) is 34.1 Å². The average molecular weight is 446 g/mol. The third-order valence-corrected chi connectivity index (χ3v) is 5.55. The Morgan fingerprint density at radius 1 is 1.29 bits per heavy atom. The number of amides is 1. The number of carbonyl (C=O) groups excluding carboxylic acids is 1. The van der Waals surface area contributed by atoms with Gasteiger partial charge in [-0.25, -0.2) is 0 Å². The number of benzene rings is 1. The van der Waals surface area contributed by atoms with Crippen LogP contribution in [-0.2, 0) is 7.05 Å². The first kappa shape index (κ1) is 22.5. The maximum absolute atomic E-state index is 12.8. The molecule has 162 valence electrons. The Morgan fingerprint density at radius 3 is 2.65 bits per heavy atom. The molecule has 1 N–H and O–H groups in total. The number of alkyl halides is 3. The Bertz CT molecular complexity index is 1160. The standard InChI is InChI=1S/C22H21F3N4OS/c1-4-26-18(22(23,24)25)12-8-9-14(2)27-20(30)17-13-16-19(15-10-6-5-7-11-15)28-29(3)21(16)31-17/h4-14H,1-3H3,(H,27,30)/b9-8+,18-12-,26-4?/t14-/m1/s1. The van der Waals surface area contributed by atoms with Crippen LogP contribution in [0.1, 0.15) is 23.5 Å². The van der Waals surface area contributed by atoms with Crippen LogP contribution in [0.4, 0.5) is 13.2 Å². The number of rotatable bonds is 6. The fraction of sp³-hybridized carbons (Fsp3) is 0.227. The number of nitrogens with one attached hydrogen (secondary N) is 1. The molecule has 1 amide bonds. The lowest BCUT2D eigenvalue weighted by Gasteiger charge is -2.08. The Morgan fingerprint density at radius 2 is 2.00 bits per heavy atom. The minimum absolute atomic E-state index is 0.302. The number of allylic oxidation sites excluding steroid dienone is 3.